The Bertz CT molecular complexity index is 549. The van der Waals surface area contributed by atoms with E-state index in [4.69, 9.17) is 0 Å². The van der Waals surface area contributed by atoms with E-state index in [1.807, 2.05) is 0 Å². The molecule has 16 heavy (non-hydrogen) atoms. The molecule has 0 bridgehead atoms. The Balaban J connectivity index is 2.47. The van der Waals surface area contributed by atoms with Crippen molar-refractivity contribution in [2.45, 2.75) is 11.8 Å². The number of nitrogens with zero attached hydrogens (tertiary/aromatic N) is 2. The van der Waals surface area contributed by atoms with Crippen molar-refractivity contribution in [3.8, 4) is 0 Å². The topological polar surface area (TPSA) is 80.3 Å². The van der Waals surface area contributed by atoms with Crippen LogP contribution in [0.5, 0.6) is 0 Å². The summed E-state index contributed by atoms with van der Waals surface area (Å²) in [7, 11) is -3.43. The molecule has 0 amide bonds. The smallest absolute Gasteiger partial charge is 0.258 e. The zero-order valence-corrected chi connectivity index (χ0v) is 9.40. The van der Waals surface area contributed by atoms with Crippen LogP contribution in [-0.4, -0.2) is 30.7 Å². The zero-order valence-electron chi connectivity index (χ0n) is 8.58. The first-order chi connectivity index (χ1) is 7.43. The average molecular weight is 242 g/mol. The highest BCUT2D eigenvalue weighted by Gasteiger charge is 2.34. The van der Waals surface area contributed by atoms with Gasteiger partial charge in [0.1, 0.15) is 0 Å². The van der Waals surface area contributed by atoms with Gasteiger partial charge in [0.2, 0.25) is 10.0 Å². The molecular weight excluding hydrogens is 232 g/mol. The van der Waals surface area contributed by atoms with E-state index in [0.29, 0.717) is 18.7 Å². The predicted octanol–water partition coefficient (Wildman–Crippen LogP) is 0.908. The van der Waals surface area contributed by atoms with Gasteiger partial charge < -0.3 is 0 Å². The molecule has 0 aromatic heterocycles. The molecule has 7 heteroatoms. The predicted molar refractivity (Wildman–Crippen MR) is 56.6 cm³/mol. The van der Waals surface area contributed by atoms with Gasteiger partial charge in [-0.3, -0.25) is 10.1 Å². The molecule has 1 aliphatic heterocycles. The fraction of sp³-hybridized carbons (Fsp3) is 0.333. The number of rotatable bonds is 3. The van der Waals surface area contributed by atoms with Crippen LogP contribution in [0.3, 0.4) is 0 Å². The second-order valence-electron chi connectivity index (χ2n) is 3.61. The molecule has 1 aliphatic rings. The van der Waals surface area contributed by atoms with E-state index in [-0.39, 0.29) is 10.6 Å². The summed E-state index contributed by atoms with van der Waals surface area (Å²) in [5.41, 5.74) is 0.309. The maximum Gasteiger partial charge on any atom is 0.269 e. The van der Waals surface area contributed by atoms with E-state index in [2.05, 4.69) is 0 Å². The van der Waals surface area contributed by atoms with E-state index in [9.17, 15) is 18.5 Å². The quantitative estimate of drug-likeness (QED) is 0.448. The highest BCUT2D eigenvalue weighted by Crippen LogP contribution is 2.26. The minimum absolute atomic E-state index is 0.0951. The molecule has 0 saturated carbocycles. The number of nitro groups is 1. The third kappa shape index (κ3) is 1.79. The summed E-state index contributed by atoms with van der Waals surface area (Å²) in [6.07, 6.45) is 0. The van der Waals surface area contributed by atoms with Gasteiger partial charge in [-0.05, 0) is 18.6 Å². The molecule has 1 aromatic carbocycles. The second kappa shape index (κ2) is 3.53. The number of benzene rings is 1. The van der Waals surface area contributed by atoms with Crippen molar-refractivity contribution < 1.29 is 13.3 Å². The van der Waals surface area contributed by atoms with E-state index in [1.54, 1.807) is 6.92 Å². The molecule has 0 radical (unpaired) electrons. The van der Waals surface area contributed by atoms with Gasteiger partial charge in [-0.2, -0.15) is 4.31 Å². The summed E-state index contributed by atoms with van der Waals surface area (Å²) in [4.78, 5) is 10.1. The highest BCUT2D eigenvalue weighted by atomic mass is 32.2. The lowest BCUT2D eigenvalue weighted by Crippen LogP contribution is -2.13. The Morgan fingerprint density at radius 1 is 1.38 bits per heavy atom. The van der Waals surface area contributed by atoms with Crippen molar-refractivity contribution in [3.63, 3.8) is 0 Å². The molecule has 0 N–H and O–H groups in total. The van der Waals surface area contributed by atoms with Gasteiger partial charge in [-0.15, -0.1) is 0 Å². The normalized spacial score (nSPS) is 16.1. The van der Waals surface area contributed by atoms with Crippen LogP contribution in [0.2, 0.25) is 0 Å². The lowest BCUT2D eigenvalue weighted by Gasteiger charge is -2.06. The molecule has 6 nitrogen and oxygen atoms in total. The van der Waals surface area contributed by atoms with Crippen molar-refractivity contribution in [1.29, 1.82) is 0 Å². The van der Waals surface area contributed by atoms with Gasteiger partial charge in [0.25, 0.3) is 5.69 Å². The Labute approximate surface area is 92.7 Å². The van der Waals surface area contributed by atoms with Crippen molar-refractivity contribution in [2.24, 2.45) is 0 Å². The first-order valence-electron chi connectivity index (χ1n) is 4.68. The molecular formula is C9H10N2O4S. The summed E-state index contributed by atoms with van der Waals surface area (Å²) in [5, 5.41) is 10.5. The standard InChI is InChI=1S/C9H10N2O4S/c1-7-6-8(11(12)13)2-3-9(7)16(14,15)10-4-5-10/h2-3,6H,4-5H2,1H3. The van der Waals surface area contributed by atoms with Gasteiger partial charge in [-0.1, -0.05) is 0 Å². The van der Waals surface area contributed by atoms with Crippen LogP contribution in [0, 0.1) is 17.0 Å². The minimum Gasteiger partial charge on any atom is -0.258 e. The van der Waals surface area contributed by atoms with Crippen LogP contribution in [0.1, 0.15) is 5.56 Å². The average Bonchev–Trinajstić information content (AvgIpc) is 2.99. The lowest BCUT2D eigenvalue weighted by molar-refractivity contribution is -0.385. The first-order valence-corrected chi connectivity index (χ1v) is 6.12. The first kappa shape index (κ1) is 11.0. The lowest BCUT2D eigenvalue weighted by atomic mass is 10.2. The van der Waals surface area contributed by atoms with Crippen molar-refractivity contribution in [1.82, 2.24) is 4.31 Å². The largest absolute Gasteiger partial charge is 0.269 e. The molecule has 0 atom stereocenters. The fourth-order valence-corrected chi connectivity index (χ4v) is 3.00. The molecule has 0 aliphatic carbocycles. The second-order valence-corrected chi connectivity index (χ2v) is 5.52. The highest BCUT2D eigenvalue weighted by molar-refractivity contribution is 7.89. The summed E-state index contributed by atoms with van der Waals surface area (Å²) < 4.78 is 25.0. The Hall–Kier alpha value is -1.47. The molecule has 86 valence electrons. The van der Waals surface area contributed by atoms with Gasteiger partial charge >= 0.3 is 0 Å². The molecule has 2 rings (SSSR count). The maximum atomic E-state index is 11.9. The maximum absolute atomic E-state index is 11.9. The van der Waals surface area contributed by atoms with Gasteiger partial charge in [-0.25, -0.2) is 8.42 Å². The Morgan fingerprint density at radius 3 is 2.44 bits per heavy atom. The van der Waals surface area contributed by atoms with Gasteiger partial charge in [0.15, 0.2) is 0 Å². The number of hydrogen-bond acceptors (Lipinski definition) is 4. The number of nitro benzene ring substituents is 1. The van der Waals surface area contributed by atoms with Gasteiger partial charge in [0, 0.05) is 25.2 Å². The molecule has 1 saturated heterocycles. The summed E-state index contributed by atoms with van der Waals surface area (Å²) in [5.74, 6) is 0. The van der Waals surface area contributed by atoms with Crippen molar-refractivity contribution >= 4 is 15.7 Å². The van der Waals surface area contributed by atoms with E-state index >= 15 is 0 Å². The van der Waals surface area contributed by atoms with Crippen LogP contribution < -0.4 is 0 Å². The molecule has 0 spiro atoms. The molecule has 1 fully saturated rings. The summed E-state index contributed by atoms with van der Waals surface area (Å²) in [6, 6.07) is 3.78. The third-order valence-corrected chi connectivity index (χ3v) is 4.45. The van der Waals surface area contributed by atoms with Gasteiger partial charge in [0.05, 0.1) is 9.82 Å². The zero-order chi connectivity index (χ0) is 11.9. The van der Waals surface area contributed by atoms with Crippen molar-refractivity contribution in [3.05, 3.63) is 33.9 Å². The van der Waals surface area contributed by atoms with E-state index in [1.165, 1.54) is 22.5 Å². The monoisotopic (exact) mass is 242 g/mol. The Kier molecular flexibility index (Phi) is 2.43. The van der Waals surface area contributed by atoms with E-state index in [0.717, 1.165) is 0 Å². The number of sulfonamides is 1. The third-order valence-electron chi connectivity index (χ3n) is 2.39. The number of hydrogen-bond donors (Lipinski definition) is 0. The molecule has 0 unspecified atom stereocenters. The fourth-order valence-electron chi connectivity index (χ4n) is 1.46. The number of aryl methyl sites for hydroxylation is 1. The minimum atomic E-state index is -3.43. The summed E-state index contributed by atoms with van der Waals surface area (Å²) >= 11 is 0. The van der Waals surface area contributed by atoms with Crippen LogP contribution >= 0.6 is 0 Å². The van der Waals surface area contributed by atoms with Crippen LogP contribution in [0.25, 0.3) is 0 Å². The van der Waals surface area contributed by atoms with Crippen molar-refractivity contribution in [2.75, 3.05) is 13.1 Å². The SMILES string of the molecule is Cc1cc([N+](=O)[O-])ccc1S(=O)(=O)N1CC1. The summed E-state index contributed by atoms with van der Waals surface area (Å²) in [6.45, 7) is 2.61. The van der Waals surface area contributed by atoms with Crippen LogP contribution in [0.4, 0.5) is 5.69 Å². The van der Waals surface area contributed by atoms with E-state index < -0.39 is 14.9 Å². The van der Waals surface area contributed by atoms with Crippen LogP contribution in [0.15, 0.2) is 23.1 Å². The number of non-ortho nitro benzene ring substituents is 1. The molecule has 1 aromatic rings. The van der Waals surface area contributed by atoms with Crippen LogP contribution in [-0.2, 0) is 10.0 Å². The Morgan fingerprint density at radius 2 is 2.00 bits per heavy atom. The molecule has 1 heterocycles.